The highest BCUT2D eigenvalue weighted by atomic mass is 16.6. The highest BCUT2D eigenvalue weighted by molar-refractivity contribution is 6.17. The summed E-state index contributed by atoms with van der Waals surface area (Å²) in [6.07, 6.45) is 2.28. The van der Waals surface area contributed by atoms with Crippen molar-refractivity contribution >= 4 is 34.9 Å². The van der Waals surface area contributed by atoms with Gasteiger partial charge in [0.1, 0.15) is 17.1 Å². The van der Waals surface area contributed by atoms with Crippen LogP contribution in [-0.4, -0.2) is 60.5 Å². The van der Waals surface area contributed by atoms with E-state index in [0.29, 0.717) is 0 Å². The molecule has 9 heteroatoms. The summed E-state index contributed by atoms with van der Waals surface area (Å²) in [5.74, 6) is -0.270. The van der Waals surface area contributed by atoms with E-state index >= 15 is 0 Å². The van der Waals surface area contributed by atoms with Crippen molar-refractivity contribution < 1.29 is 28.6 Å². The number of nitrogens with zero attached hydrogens (tertiary/aromatic N) is 3. The van der Waals surface area contributed by atoms with E-state index in [2.05, 4.69) is 0 Å². The van der Waals surface area contributed by atoms with Gasteiger partial charge in [0, 0.05) is 70.0 Å². The smallest absolute Gasteiger partial charge is 0.414 e. The van der Waals surface area contributed by atoms with Crippen LogP contribution in [0.2, 0.25) is 0 Å². The lowest BCUT2D eigenvalue weighted by molar-refractivity contribution is 0.101. The summed E-state index contributed by atoms with van der Waals surface area (Å²) in [6, 6.07) is 18.8. The summed E-state index contributed by atoms with van der Waals surface area (Å²) in [4.78, 5) is 40.6. The van der Waals surface area contributed by atoms with Gasteiger partial charge in [-0.05, 0) is 23.3 Å². The standard InChI is InChI=1S/C30H27N3O6/c1-31(2)29(35)37-20-15-23-27(24(16-20)39-30(36)32(3)4)28(34)25(38-23)14-19-17-33(5)22-13-9-12-21(26(19)22)18-10-7-6-8-11-18/h6-17H,1-5H3/b25-14-. The Morgan fingerprint density at radius 2 is 1.59 bits per heavy atom. The molecule has 0 aliphatic carbocycles. The Hall–Kier alpha value is -5.05. The third-order valence-corrected chi connectivity index (χ3v) is 6.26. The third-order valence-electron chi connectivity index (χ3n) is 6.26. The van der Waals surface area contributed by atoms with E-state index in [1.165, 1.54) is 50.1 Å². The first-order chi connectivity index (χ1) is 18.6. The van der Waals surface area contributed by atoms with Gasteiger partial charge in [-0.15, -0.1) is 0 Å². The zero-order chi connectivity index (χ0) is 27.8. The van der Waals surface area contributed by atoms with Crippen LogP contribution in [0.1, 0.15) is 15.9 Å². The number of rotatable bonds is 4. The fourth-order valence-electron chi connectivity index (χ4n) is 4.36. The number of aryl methyl sites for hydroxylation is 1. The largest absolute Gasteiger partial charge is 0.452 e. The number of amides is 2. The van der Waals surface area contributed by atoms with E-state index in [0.717, 1.165) is 27.6 Å². The number of fused-ring (bicyclic) bond motifs is 2. The molecule has 2 amide bonds. The van der Waals surface area contributed by atoms with Crippen LogP contribution in [0.25, 0.3) is 28.1 Å². The topological polar surface area (TPSA) is 90.3 Å². The number of hydrogen-bond donors (Lipinski definition) is 0. The van der Waals surface area contributed by atoms with Gasteiger partial charge >= 0.3 is 12.2 Å². The Morgan fingerprint density at radius 1 is 0.897 bits per heavy atom. The van der Waals surface area contributed by atoms with E-state index in [1.807, 2.05) is 66.3 Å². The number of aromatic nitrogens is 1. The predicted molar refractivity (Wildman–Crippen MR) is 147 cm³/mol. The monoisotopic (exact) mass is 525 g/mol. The van der Waals surface area contributed by atoms with Gasteiger partial charge in [-0.3, -0.25) is 4.79 Å². The first kappa shape index (κ1) is 25.6. The molecule has 9 nitrogen and oxygen atoms in total. The van der Waals surface area contributed by atoms with Crippen LogP contribution in [-0.2, 0) is 7.05 Å². The summed E-state index contributed by atoms with van der Waals surface area (Å²) in [7, 11) is 8.06. The molecule has 5 rings (SSSR count). The minimum atomic E-state index is -0.694. The van der Waals surface area contributed by atoms with Crippen molar-refractivity contribution in [1.82, 2.24) is 14.4 Å². The molecule has 4 aromatic rings. The van der Waals surface area contributed by atoms with Gasteiger partial charge in [-0.1, -0.05) is 42.5 Å². The van der Waals surface area contributed by atoms with Gasteiger partial charge in [0.15, 0.2) is 11.5 Å². The maximum atomic E-state index is 13.6. The molecule has 0 radical (unpaired) electrons. The van der Waals surface area contributed by atoms with Crippen molar-refractivity contribution in [1.29, 1.82) is 0 Å². The van der Waals surface area contributed by atoms with Crippen LogP contribution < -0.4 is 14.2 Å². The molecular formula is C30H27N3O6. The first-order valence-corrected chi connectivity index (χ1v) is 12.2. The third kappa shape index (κ3) is 4.82. The molecule has 1 aliphatic rings. The van der Waals surface area contributed by atoms with Crippen molar-refractivity contribution in [3.05, 3.63) is 83.7 Å². The lowest BCUT2D eigenvalue weighted by atomic mass is 9.98. The lowest BCUT2D eigenvalue weighted by Gasteiger charge is -2.15. The molecule has 2 heterocycles. The number of ether oxygens (including phenoxy) is 3. The second kappa shape index (κ2) is 10.0. The Labute approximate surface area is 225 Å². The lowest BCUT2D eigenvalue weighted by Crippen LogP contribution is -2.26. The first-order valence-electron chi connectivity index (χ1n) is 12.2. The molecule has 0 N–H and O–H groups in total. The molecule has 0 fully saturated rings. The number of carbonyl (C=O) groups is 3. The summed E-state index contributed by atoms with van der Waals surface area (Å²) in [5.41, 5.74) is 3.91. The van der Waals surface area contributed by atoms with Gasteiger partial charge in [0.2, 0.25) is 5.78 Å². The van der Waals surface area contributed by atoms with Gasteiger partial charge < -0.3 is 28.6 Å². The average molecular weight is 526 g/mol. The minimum Gasteiger partial charge on any atom is -0.452 e. The SMILES string of the molecule is CN(C)C(=O)Oc1cc(OC(=O)N(C)C)c2c(c1)O/C(=C\c1cn(C)c3cccc(-c4ccccc4)c13)C2=O. The van der Waals surface area contributed by atoms with E-state index in [-0.39, 0.29) is 28.6 Å². The number of allylic oxidation sites excluding steroid dienone is 1. The number of ketones is 1. The Morgan fingerprint density at radius 3 is 2.28 bits per heavy atom. The van der Waals surface area contributed by atoms with E-state index in [4.69, 9.17) is 14.2 Å². The Bertz CT molecular complexity index is 1650. The molecule has 0 bridgehead atoms. The second-order valence-electron chi connectivity index (χ2n) is 9.52. The molecule has 0 atom stereocenters. The molecule has 0 saturated carbocycles. The molecule has 0 unspecified atom stereocenters. The Balaban J connectivity index is 1.61. The Kier molecular flexibility index (Phi) is 6.57. The minimum absolute atomic E-state index is 0.0543. The average Bonchev–Trinajstić information content (AvgIpc) is 3.40. The number of Topliss-reactive ketones (excluding diaryl/α,β-unsaturated/α-hetero) is 1. The summed E-state index contributed by atoms with van der Waals surface area (Å²) in [5, 5.41) is 0.964. The van der Waals surface area contributed by atoms with Gasteiger partial charge in [0.25, 0.3) is 0 Å². The van der Waals surface area contributed by atoms with Crippen LogP contribution in [0.3, 0.4) is 0 Å². The van der Waals surface area contributed by atoms with Crippen LogP contribution in [0.15, 0.2) is 72.6 Å². The van der Waals surface area contributed by atoms with Crippen molar-refractivity contribution in [3.8, 4) is 28.4 Å². The molecule has 0 spiro atoms. The van der Waals surface area contributed by atoms with Gasteiger partial charge in [-0.25, -0.2) is 9.59 Å². The number of carbonyl (C=O) groups excluding carboxylic acids is 3. The maximum Gasteiger partial charge on any atom is 0.414 e. The summed E-state index contributed by atoms with van der Waals surface area (Å²) >= 11 is 0. The number of hydrogen-bond acceptors (Lipinski definition) is 6. The van der Waals surface area contributed by atoms with Crippen LogP contribution in [0, 0.1) is 0 Å². The van der Waals surface area contributed by atoms with Crippen LogP contribution in [0.4, 0.5) is 9.59 Å². The molecule has 198 valence electrons. The predicted octanol–water partition coefficient (Wildman–Crippen LogP) is 5.58. The molecule has 39 heavy (non-hydrogen) atoms. The van der Waals surface area contributed by atoms with Crippen molar-refractivity contribution in [2.45, 2.75) is 0 Å². The van der Waals surface area contributed by atoms with E-state index < -0.39 is 18.0 Å². The molecular weight excluding hydrogens is 498 g/mol. The molecule has 3 aromatic carbocycles. The summed E-state index contributed by atoms with van der Waals surface area (Å²) in [6.45, 7) is 0. The summed E-state index contributed by atoms with van der Waals surface area (Å²) < 4.78 is 18.8. The zero-order valence-electron chi connectivity index (χ0n) is 22.2. The van der Waals surface area contributed by atoms with Crippen LogP contribution >= 0.6 is 0 Å². The van der Waals surface area contributed by atoms with Crippen molar-refractivity contribution in [3.63, 3.8) is 0 Å². The highest BCUT2D eigenvalue weighted by Gasteiger charge is 2.34. The normalized spacial score (nSPS) is 13.3. The van der Waals surface area contributed by atoms with Gasteiger partial charge in [-0.2, -0.15) is 0 Å². The van der Waals surface area contributed by atoms with Crippen molar-refractivity contribution in [2.24, 2.45) is 7.05 Å². The van der Waals surface area contributed by atoms with E-state index in [1.54, 1.807) is 6.08 Å². The molecule has 0 saturated heterocycles. The fourth-order valence-corrected chi connectivity index (χ4v) is 4.36. The zero-order valence-corrected chi connectivity index (χ0v) is 22.2. The van der Waals surface area contributed by atoms with Crippen LogP contribution in [0.5, 0.6) is 17.2 Å². The van der Waals surface area contributed by atoms with Gasteiger partial charge in [0.05, 0.1) is 0 Å². The van der Waals surface area contributed by atoms with Crippen molar-refractivity contribution in [2.75, 3.05) is 28.2 Å². The fraction of sp³-hybridized carbons (Fsp3) is 0.167. The second-order valence-corrected chi connectivity index (χ2v) is 9.52. The number of benzene rings is 3. The quantitative estimate of drug-likeness (QED) is 0.323. The highest BCUT2D eigenvalue weighted by Crippen LogP contribution is 2.43. The molecule has 1 aromatic heterocycles. The van der Waals surface area contributed by atoms with E-state index in [9.17, 15) is 14.4 Å². The maximum absolute atomic E-state index is 13.6. The molecule has 1 aliphatic heterocycles.